The summed E-state index contributed by atoms with van der Waals surface area (Å²) in [6, 6.07) is 0. The zero-order valence-electron chi connectivity index (χ0n) is 16.1. The third kappa shape index (κ3) is 1.95. The first kappa shape index (κ1) is 17.2. The van der Waals surface area contributed by atoms with Crippen LogP contribution in [-0.2, 0) is 14.2 Å². The number of rotatable bonds is 1. The van der Waals surface area contributed by atoms with E-state index < -0.39 is 5.79 Å². The lowest BCUT2D eigenvalue weighted by Crippen LogP contribution is -2.56. The molecule has 3 aliphatic carbocycles. The molecule has 2 saturated carbocycles. The zero-order valence-corrected chi connectivity index (χ0v) is 16.1. The molecule has 0 N–H and O–H groups in total. The van der Waals surface area contributed by atoms with Crippen molar-refractivity contribution in [3.05, 3.63) is 36.5 Å². The molecule has 2 heterocycles. The number of hydrogen-bond acceptors (Lipinski definition) is 3. The highest BCUT2D eigenvalue weighted by molar-refractivity contribution is 5.39. The van der Waals surface area contributed by atoms with Gasteiger partial charge in [-0.15, -0.1) is 0 Å². The molecule has 0 radical (unpaired) electrons. The highest BCUT2D eigenvalue weighted by atomic mass is 16.7. The first-order chi connectivity index (χ1) is 12.5. The lowest BCUT2D eigenvalue weighted by atomic mass is 9.60. The largest absolute Gasteiger partial charge is 0.359 e. The molecule has 26 heavy (non-hydrogen) atoms. The third-order valence-corrected chi connectivity index (χ3v) is 8.40. The van der Waals surface area contributed by atoms with E-state index in [2.05, 4.69) is 26.2 Å². The van der Waals surface area contributed by atoms with Crippen LogP contribution >= 0.6 is 0 Å². The van der Waals surface area contributed by atoms with E-state index in [0.717, 1.165) is 58.2 Å². The molecule has 2 aliphatic heterocycles. The summed E-state index contributed by atoms with van der Waals surface area (Å²) in [5.41, 5.74) is 2.22. The summed E-state index contributed by atoms with van der Waals surface area (Å²) in [7, 11) is 0. The van der Waals surface area contributed by atoms with Crippen LogP contribution in [-0.4, -0.2) is 30.2 Å². The van der Waals surface area contributed by atoms with Gasteiger partial charge in [-0.3, -0.25) is 0 Å². The minimum absolute atomic E-state index is 0.0302. The fraction of sp³-hybridized carbons (Fsp3) is 0.739. The van der Waals surface area contributed by atoms with Crippen molar-refractivity contribution in [3.8, 4) is 0 Å². The van der Waals surface area contributed by atoms with Crippen LogP contribution in [0.1, 0.15) is 64.7 Å². The molecule has 5 aliphatic rings. The average molecular weight is 357 g/mol. The van der Waals surface area contributed by atoms with Crippen molar-refractivity contribution >= 4 is 0 Å². The molecule has 4 atom stereocenters. The molecule has 0 unspecified atom stereocenters. The molecular formula is C23H32O3. The van der Waals surface area contributed by atoms with E-state index in [1.54, 1.807) is 0 Å². The van der Waals surface area contributed by atoms with Gasteiger partial charge in [-0.25, -0.2) is 0 Å². The van der Waals surface area contributed by atoms with Crippen molar-refractivity contribution in [2.75, 3.05) is 13.2 Å². The molecule has 5 rings (SSSR count). The smallest absolute Gasteiger partial charge is 0.174 e. The van der Waals surface area contributed by atoms with Gasteiger partial charge < -0.3 is 14.2 Å². The van der Waals surface area contributed by atoms with Gasteiger partial charge in [0.25, 0.3) is 0 Å². The maximum Gasteiger partial charge on any atom is 0.174 e. The summed E-state index contributed by atoms with van der Waals surface area (Å²) in [6.45, 7) is 12.4. The van der Waals surface area contributed by atoms with E-state index in [0.29, 0.717) is 5.92 Å². The Bertz CT molecular complexity index is 673. The van der Waals surface area contributed by atoms with Gasteiger partial charge in [0, 0.05) is 17.8 Å². The van der Waals surface area contributed by atoms with E-state index in [1.807, 2.05) is 6.08 Å². The molecule has 3 heteroatoms. The molecule has 4 fully saturated rings. The van der Waals surface area contributed by atoms with Crippen molar-refractivity contribution in [1.82, 2.24) is 0 Å². The zero-order chi connectivity index (χ0) is 18.0. The summed E-state index contributed by atoms with van der Waals surface area (Å²) in [6.07, 6.45) is 14.4. The SMILES string of the molecule is C=CC1=CC[C@@]2(C)[C@H](CCC23OCCO3)[C@]12CC[C@]1(CCCCC1=C)O2. The van der Waals surface area contributed by atoms with Crippen LogP contribution in [0.2, 0.25) is 0 Å². The molecule has 0 aromatic rings. The van der Waals surface area contributed by atoms with Crippen LogP contribution < -0.4 is 0 Å². The van der Waals surface area contributed by atoms with Gasteiger partial charge in [-0.2, -0.15) is 0 Å². The first-order valence-electron chi connectivity index (χ1n) is 10.5. The Hall–Kier alpha value is -0.900. The van der Waals surface area contributed by atoms with E-state index in [-0.39, 0.29) is 16.6 Å². The van der Waals surface area contributed by atoms with Gasteiger partial charge in [0.1, 0.15) is 0 Å². The van der Waals surface area contributed by atoms with Crippen molar-refractivity contribution < 1.29 is 14.2 Å². The van der Waals surface area contributed by atoms with Crippen LogP contribution in [0.15, 0.2) is 36.5 Å². The molecule has 2 saturated heterocycles. The predicted molar refractivity (Wildman–Crippen MR) is 102 cm³/mol. The quantitative estimate of drug-likeness (QED) is 0.613. The van der Waals surface area contributed by atoms with Gasteiger partial charge in [0.05, 0.1) is 24.4 Å². The Morgan fingerprint density at radius 1 is 1.12 bits per heavy atom. The number of fused-ring (bicyclic) bond motifs is 3. The van der Waals surface area contributed by atoms with Gasteiger partial charge in [0.2, 0.25) is 0 Å². The molecule has 3 spiro atoms. The summed E-state index contributed by atoms with van der Waals surface area (Å²) in [5.74, 6) is -0.00323. The molecule has 0 amide bonds. The van der Waals surface area contributed by atoms with E-state index in [4.69, 9.17) is 14.2 Å². The Kier molecular flexibility index (Phi) is 3.68. The van der Waals surface area contributed by atoms with Crippen LogP contribution in [0.5, 0.6) is 0 Å². The molecule has 0 bridgehead atoms. The molecule has 142 valence electrons. The summed E-state index contributed by atoms with van der Waals surface area (Å²) in [5, 5.41) is 0. The van der Waals surface area contributed by atoms with Crippen LogP contribution in [0.4, 0.5) is 0 Å². The summed E-state index contributed by atoms with van der Waals surface area (Å²) >= 11 is 0. The second kappa shape index (κ2) is 5.56. The van der Waals surface area contributed by atoms with Crippen molar-refractivity contribution in [3.63, 3.8) is 0 Å². The van der Waals surface area contributed by atoms with Gasteiger partial charge in [0.15, 0.2) is 5.79 Å². The average Bonchev–Trinajstić information content (AvgIpc) is 3.33. The summed E-state index contributed by atoms with van der Waals surface area (Å²) < 4.78 is 19.7. The van der Waals surface area contributed by atoms with Gasteiger partial charge in [-0.1, -0.05) is 32.2 Å². The Morgan fingerprint density at radius 3 is 2.65 bits per heavy atom. The highest BCUT2D eigenvalue weighted by Crippen LogP contribution is 2.67. The van der Waals surface area contributed by atoms with Crippen molar-refractivity contribution in [2.45, 2.75) is 81.7 Å². The molecule has 0 aromatic carbocycles. The molecular weight excluding hydrogens is 324 g/mol. The topological polar surface area (TPSA) is 27.7 Å². The van der Waals surface area contributed by atoms with Crippen LogP contribution in [0, 0.1) is 11.3 Å². The van der Waals surface area contributed by atoms with E-state index in [9.17, 15) is 0 Å². The minimum atomic E-state index is -0.420. The fourth-order valence-corrected chi connectivity index (χ4v) is 7.00. The monoisotopic (exact) mass is 356 g/mol. The number of allylic oxidation sites excluding steroid dienone is 1. The molecule has 0 aromatic heterocycles. The first-order valence-corrected chi connectivity index (χ1v) is 10.5. The maximum atomic E-state index is 7.17. The van der Waals surface area contributed by atoms with Crippen molar-refractivity contribution in [1.29, 1.82) is 0 Å². The Morgan fingerprint density at radius 2 is 1.92 bits per heavy atom. The highest BCUT2D eigenvalue weighted by Gasteiger charge is 2.70. The standard InChI is InChI=1S/C23H32O3/c1-4-18-8-11-20(3)19(9-12-23(20)24-15-16-25-23)22(18)14-13-21(26-22)10-6-5-7-17(21)2/h4,8,19H,1-2,5-7,9-16H2,3H3/t19-,20-,21-,22-/m0/s1. The van der Waals surface area contributed by atoms with E-state index in [1.165, 1.54) is 24.0 Å². The Labute approximate surface area is 157 Å². The minimum Gasteiger partial charge on any atom is -0.359 e. The van der Waals surface area contributed by atoms with E-state index >= 15 is 0 Å². The number of ether oxygens (including phenoxy) is 3. The normalized spacial score (nSPS) is 46.9. The third-order valence-electron chi connectivity index (χ3n) is 8.40. The number of hydrogen-bond donors (Lipinski definition) is 0. The van der Waals surface area contributed by atoms with Gasteiger partial charge >= 0.3 is 0 Å². The lowest BCUT2D eigenvalue weighted by Gasteiger charge is -2.53. The van der Waals surface area contributed by atoms with Crippen molar-refractivity contribution in [2.24, 2.45) is 11.3 Å². The fourth-order valence-electron chi connectivity index (χ4n) is 7.00. The van der Waals surface area contributed by atoms with Crippen LogP contribution in [0.25, 0.3) is 0 Å². The second-order valence-electron chi connectivity index (χ2n) is 9.32. The van der Waals surface area contributed by atoms with Gasteiger partial charge in [-0.05, 0) is 62.5 Å². The predicted octanol–water partition coefficient (Wildman–Crippen LogP) is 5.08. The van der Waals surface area contributed by atoms with Crippen LogP contribution in [0.3, 0.4) is 0 Å². The summed E-state index contributed by atoms with van der Waals surface area (Å²) in [4.78, 5) is 0. The maximum absolute atomic E-state index is 7.17. The Balaban J connectivity index is 1.57. The second-order valence-corrected chi connectivity index (χ2v) is 9.32. The lowest BCUT2D eigenvalue weighted by molar-refractivity contribution is -0.242. The molecule has 3 nitrogen and oxygen atoms in total.